The number of fused-ring (bicyclic) bond motifs is 3. The molecule has 2 aromatic carbocycles. The first-order valence-electron chi connectivity index (χ1n) is 6.23. The maximum absolute atomic E-state index is 12.1. The molecule has 0 saturated heterocycles. The Morgan fingerprint density at radius 1 is 0.950 bits per heavy atom. The summed E-state index contributed by atoms with van der Waals surface area (Å²) in [7, 11) is 3.16. The second-order valence-corrected chi connectivity index (χ2v) is 4.62. The van der Waals surface area contributed by atoms with E-state index in [0.717, 1.165) is 16.3 Å². The first kappa shape index (κ1) is 12.5. The highest BCUT2D eigenvalue weighted by molar-refractivity contribution is 6.06. The lowest BCUT2D eigenvalue weighted by atomic mass is 10.0. The highest BCUT2D eigenvalue weighted by atomic mass is 16.5. The molecule has 0 saturated carbocycles. The van der Waals surface area contributed by atoms with Crippen molar-refractivity contribution in [1.82, 2.24) is 0 Å². The molecule has 0 unspecified atom stereocenters. The molecule has 3 rings (SSSR count). The molecule has 0 atom stereocenters. The molecule has 0 radical (unpaired) electrons. The number of aryl methyl sites for hydroxylation is 1. The van der Waals surface area contributed by atoms with Crippen LogP contribution in [0.25, 0.3) is 21.7 Å². The van der Waals surface area contributed by atoms with Gasteiger partial charge in [-0.15, -0.1) is 0 Å². The minimum Gasteiger partial charge on any atom is -0.497 e. The average Bonchev–Trinajstić information content (AvgIpc) is 2.46. The van der Waals surface area contributed by atoms with Gasteiger partial charge in [-0.05, 0) is 36.8 Å². The highest BCUT2D eigenvalue weighted by Gasteiger charge is 2.12. The predicted molar refractivity (Wildman–Crippen MR) is 77.8 cm³/mol. The Bertz CT molecular complexity index is 862. The highest BCUT2D eigenvalue weighted by Crippen LogP contribution is 2.31. The molecular weight excluding hydrogens is 256 g/mol. The van der Waals surface area contributed by atoms with Crippen molar-refractivity contribution in [2.45, 2.75) is 6.92 Å². The molecular formula is C16H14O4. The van der Waals surface area contributed by atoms with Crippen LogP contribution in [0.3, 0.4) is 0 Å². The molecule has 0 spiro atoms. The maximum atomic E-state index is 12.1. The number of rotatable bonds is 2. The molecule has 0 bridgehead atoms. The second-order valence-electron chi connectivity index (χ2n) is 4.62. The zero-order valence-corrected chi connectivity index (χ0v) is 11.5. The van der Waals surface area contributed by atoms with E-state index in [0.29, 0.717) is 22.5 Å². The number of methoxy groups -OCH3 is 2. The summed E-state index contributed by atoms with van der Waals surface area (Å²) in [5, 5.41) is 2.30. The van der Waals surface area contributed by atoms with Gasteiger partial charge in [0.2, 0.25) is 0 Å². The van der Waals surface area contributed by atoms with Crippen LogP contribution in [0.1, 0.15) is 5.56 Å². The van der Waals surface area contributed by atoms with Crippen molar-refractivity contribution < 1.29 is 13.9 Å². The SMILES string of the molecule is COc1cc(C)c2c(c1)oc(=O)c1cc(OC)ccc12. The van der Waals surface area contributed by atoms with E-state index in [9.17, 15) is 4.79 Å². The first-order valence-corrected chi connectivity index (χ1v) is 6.23. The first-order chi connectivity index (χ1) is 9.63. The van der Waals surface area contributed by atoms with Crippen molar-refractivity contribution in [3.63, 3.8) is 0 Å². The van der Waals surface area contributed by atoms with Crippen LogP contribution in [-0.2, 0) is 0 Å². The van der Waals surface area contributed by atoms with E-state index in [1.807, 2.05) is 25.1 Å². The molecule has 20 heavy (non-hydrogen) atoms. The molecule has 0 fully saturated rings. The smallest absolute Gasteiger partial charge is 0.344 e. The van der Waals surface area contributed by atoms with Gasteiger partial charge in [-0.3, -0.25) is 0 Å². The molecule has 0 aliphatic carbocycles. The van der Waals surface area contributed by atoms with Crippen molar-refractivity contribution in [2.24, 2.45) is 0 Å². The van der Waals surface area contributed by atoms with Gasteiger partial charge < -0.3 is 13.9 Å². The molecule has 4 nitrogen and oxygen atoms in total. The molecule has 0 N–H and O–H groups in total. The largest absolute Gasteiger partial charge is 0.497 e. The van der Waals surface area contributed by atoms with Gasteiger partial charge in [0.25, 0.3) is 0 Å². The van der Waals surface area contributed by atoms with Crippen molar-refractivity contribution in [2.75, 3.05) is 14.2 Å². The monoisotopic (exact) mass is 270 g/mol. The third kappa shape index (κ3) is 1.81. The summed E-state index contributed by atoms with van der Waals surface area (Å²) < 4.78 is 15.8. The van der Waals surface area contributed by atoms with E-state index in [4.69, 9.17) is 13.9 Å². The zero-order valence-electron chi connectivity index (χ0n) is 11.5. The second kappa shape index (κ2) is 4.56. The van der Waals surface area contributed by atoms with Crippen LogP contribution in [-0.4, -0.2) is 14.2 Å². The summed E-state index contributed by atoms with van der Waals surface area (Å²) >= 11 is 0. The summed E-state index contributed by atoms with van der Waals surface area (Å²) in [6, 6.07) is 9.07. The van der Waals surface area contributed by atoms with Crippen LogP contribution in [0.5, 0.6) is 11.5 Å². The lowest BCUT2D eigenvalue weighted by molar-refractivity contribution is 0.413. The van der Waals surface area contributed by atoms with E-state index in [2.05, 4.69) is 0 Å². The van der Waals surface area contributed by atoms with E-state index < -0.39 is 0 Å². The van der Waals surface area contributed by atoms with E-state index in [1.54, 1.807) is 26.4 Å². The van der Waals surface area contributed by atoms with Crippen molar-refractivity contribution >= 4 is 21.7 Å². The van der Waals surface area contributed by atoms with Gasteiger partial charge in [0.05, 0.1) is 19.6 Å². The summed E-state index contributed by atoms with van der Waals surface area (Å²) in [5.74, 6) is 1.31. The lowest BCUT2D eigenvalue weighted by Crippen LogP contribution is -2.01. The Hall–Kier alpha value is -2.49. The Labute approximate surface area is 115 Å². The van der Waals surface area contributed by atoms with E-state index in [-0.39, 0.29) is 5.63 Å². The van der Waals surface area contributed by atoms with E-state index in [1.165, 1.54) is 0 Å². The fourth-order valence-electron chi connectivity index (χ4n) is 2.46. The number of ether oxygens (including phenoxy) is 2. The van der Waals surface area contributed by atoms with Gasteiger partial charge in [-0.2, -0.15) is 0 Å². The van der Waals surface area contributed by atoms with Gasteiger partial charge in [0.1, 0.15) is 17.1 Å². The Morgan fingerprint density at radius 3 is 2.40 bits per heavy atom. The van der Waals surface area contributed by atoms with Gasteiger partial charge in [-0.1, -0.05) is 0 Å². The van der Waals surface area contributed by atoms with Crippen molar-refractivity contribution in [3.8, 4) is 11.5 Å². The topological polar surface area (TPSA) is 48.7 Å². The number of benzene rings is 2. The molecule has 0 aliphatic rings. The molecule has 0 aliphatic heterocycles. The minimum atomic E-state index is -0.376. The van der Waals surface area contributed by atoms with Gasteiger partial charge in [0, 0.05) is 16.8 Å². The standard InChI is InChI=1S/C16H14O4/c1-9-6-11(19-3)8-14-15(9)12-5-4-10(18-2)7-13(12)16(17)20-14/h4-8H,1-3H3. The van der Waals surface area contributed by atoms with Crippen LogP contribution in [0.15, 0.2) is 39.5 Å². The van der Waals surface area contributed by atoms with Crippen LogP contribution in [0.2, 0.25) is 0 Å². The maximum Gasteiger partial charge on any atom is 0.344 e. The van der Waals surface area contributed by atoms with Crippen molar-refractivity contribution in [1.29, 1.82) is 0 Å². The van der Waals surface area contributed by atoms with Crippen LogP contribution < -0.4 is 15.1 Å². The van der Waals surface area contributed by atoms with Crippen LogP contribution in [0, 0.1) is 6.92 Å². The fraction of sp³-hybridized carbons (Fsp3) is 0.188. The third-order valence-corrected chi connectivity index (χ3v) is 3.43. The Morgan fingerprint density at radius 2 is 1.70 bits per heavy atom. The molecule has 1 heterocycles. The number of hydrogen-bond acceptors (Lipinski definition) is 4. The summed E-state index contributed by atoms with van der Waals surface area (Å²) in [6.07, 6.45) is 0. The normalized spacial score (nSPS) is 10.9. The molecule has 0 amide bonds. The molecule has 4 heteroatoms. The summed E-state index contributed by atoms with van der Waals surface area (Å²) in [5.41, 5.74) is 1.15. The van der Waals surface area contributed by atoms with E-state index >= 15 is 0 Å². The quantitative estimate of drug-likeness (QED) is 0.529. The fourth-order valence-corrected chi connectivity index (χ4v) is 2.46. The summed E-state index contributed by atoms with van der Waals surface area (Å²) in [4.78, 5) is 12.1. The molecule has 3 aromatic rings. The lowest BCUT2D eigenvalue weighted by Gasteiger charge is -2.09. The Kier molecular flexibility index (Phi) is 2.86. The number of hydrogen-bond donors (Lipinski definition) is 0. The zero-order chi connectivity index (χ0) is 14.3. The van der Waals surface area contributed by atoms with Gasteiger partial charge in [-0.25, -0.2) is 4.79 Å². The van der Waals surface area contributed by atoms with Crippen LogP contribution >= 0.6 is 0 Å². The van der Waals surface area contributed by atoms with Crippen LogP contribution in [0.4, 0.5) is 0 Å². The molecule has 102 valence electrons. The average molecular weight is 270 g/mol. The third-order valence-electron chi connectivity index (χ3n) is 3.43. The predicted octanol–water partition coefficient (Wildman–Crippen LogP) is 3.27. The minimum absolute atomic E-state index is 0.376. The van der Waals surface area contributed by atoms with Gasteiger partial charge in [0.15, 0.2) is 0 Å². The summed E-state index contributed by atoms with van der Waals surface area (Å²) in [6.45, 7) is 1.97. The van der Waals surface area contributed by atoms with Gasteiger partial charge >= 0.3 is 5.63 Å². The van der Waals surface area contributed by atoms with Crippen molar-refractivity contribution in [3.05, 3.63) is 46.3 Å². The molecule has 1 aromatic heterocycles. The Balaban J connectivity index is 2.50.